The molecule has 0 atom stereocenters. The molecule has 1 aromatic heterocycles. The summed E-state index contributed by atoms with van der Waals surface area (Å²) >= 11 is 0. The fourth-order valence-electron chi connectivity index (χ4n) is 2.04. The molecule has 8 nitrogen and oxygen atoms in total. The summed E-state index contributed by atoms with van der Waals surface area (Å²) in [5.74, 6) is -1.87. The van der Waals surface area contributed by atoms with Gasteiger partial charge in [0.25, 0.3) is 10.0 Å². The smallest absolute Gasteiger partial charge is 0.338 e. The zero-order chi connectivity index (χ0) is 19.3. The lowest BCUT2D eigenvalue weighted by Crippen LogP contribution is -2.13. The number of ether oxygens (including phenoxy) is 2. The molecule has 26 heavy (non-hydrogen) atoms. The molecular weight excluding hydrogens is 362 g/mol. The summed E-state index contributed by atoms with van der Waals surface area (Å²) in [6.45, 7) is 6.14. The van der Waals surface area contributed by atoms with Gasteiger partial charge < -0.3 is 19.7 Å². The number of hydrogen-bond donors (Lipinski definition) is 2. The molecule has 0 bridgehead atoms. The molecule has 0 fully saturated rings. The van der Waals surface area contributed by atoms with Crippen LogP contribution < -0.4 is 0 Å². The van der Waals surface area contributed by atoms with Crippen molar-refractivity contribution in [1.82, 2.24) is 3.97 Å². The Morgan fingerprint density at radius 2 is 1.65 bits per heavy atom. The topological polar surface area (TPSA) is 115 Å². The Kier molecular flexibility index (Phi) is 6.06. The number of esters is 1. The van der Waals surface area contributed by atoms with E-state index in [2.05, 4.69) is 6.58 Å². The maximum Gasteiger partial charge on any atom is 0.338 e. The summed E-state index contributed by atoms with van der Waals surface area (Å²) < 4.78 is 35.4. The molecule has 0 saturated carbocycles. The molecule has 140 valence electrons. The van der Waals surface area contributed by atoms with E-state index in [9.17, 15) is 23.4 Å². The number of rotatable bonds is 8. The molecule has 9 heteroatoms. The molecule has 2 N–H and O–H groups in total. The molecule has 0 aliphatic rings. The minimum Gasteiger partial charge on any atom is -0.494 e. The van der Waals surface area contributed by atoms with Crippen molar-refractivity contribution in [2.45, 2.75) is 11.8 Å². The lowest BCUT2D eigenvalue weighted by molar-refractivity contribution is 0.0347. The lowest BCUT2D eigenvalue weighted by Gasteiger charge is -2.09. The van der Waals surface area contributed by atoms with Crippen molar-refractivity contribution in [1.29, 1.82) is 0 Å². The highest BCUT2D eigenvalue weighted by Gasteiger charge is 2.23. The first kappa shape index (κ1) is 19.5. The summed E-state index contributed by atoms with van der Waals surface area (Å²) in [6, 6.07) is 7.02. The minimum absolute atomic E-state index is 0.0529. The SMILES string of the molecule is C=C(C)COCCOC(=O)c1ccc(S(=O)(=O)n2c(O)ccc2O)cc1. The summed E-state index contributed by atoms with van der Waals surface area (Å²) in [6.07, 6.45) is 0. The molecule has 1 heterocycles. The normalized spacial score (nSPS) is 11.3. The van der Waals surface area contributed by atoms with Gasteiger partial charge >= 0.3 is 5.97 Å². The van der Waals surface area contributed by atoms with Crippen LogP contribution >= 0.6 is 0 Å². The summed E-state index contributed by atoms with van der Waals surface area (Å²) in [7, 11) is -4.20. The van der Waals surface area contributed by atoms with Crippen LogP contribution in [-0.2, 0) is 19.5 Å². The van der Waals surface area contributed by atoms with Crippen LogP contribution in [0.3, 0.4) is 0 Å². The number of benzene rings is 1. The van der Waals surface area contributed by atoms with Gasteiger partial charge in [0.2, 0.25) is 11.8 Å². The highest BCUT2D eigenvalue weighted by atomic mass is 32.2. The van der Waals surface area contributed by atoms with Crippen molar-refractivity contribution in [3.8, 4) is 11.8 Å². The third kappa shape index (κ3) is 4.44. The van der Waals surface area contributed by atoms with Crippen molar-refractivity contribution in [3.63, 3.8) is 0 Å². The van der Waals surface area contributed by atoms with E-state index in [4.69, 9.17) is 9.47 Å². The van der Waals surface area contributed by atoms with Crippen LogP contribution in [0.2, 0.25) is 0 Å². The van der Waals surface area contributed by atoms with Gasteiger partial charge in [-0.15, -0.1) is 0 Å². The zero-order valence-electron chi connectivity index (χ0n) is 14.1. The van der Waals surface area contributed by atoms with Crippen molar-refractivity contribution in [3.05, 3.63) is 54.1 Å². The first-order valence-electron chi connectivity index (χ1n) is 7.58. The fraction of sp³-hybridized carbons (Fsp3) is 0.235. The molecule has 0 unspecified atom stereocenters. The monoisotopic (exact) mass is 381 g/mol. The second-order valence-corrected chi connectivity index (χ2v) is 7.28. The summed E-state index contributed by atoms with van der Waals surface area (Å²) in [5.41, 5.74) is 1.01. The number of hydrogen-bond acceptors (Lipinski definition) is 7. The van der Waals surface area contributed by atoms with Crippen LogP contribution in [0.25, 0.3) is 0 Å². The minimum atomic E-state index is -4.20. The lowest BCUT2D eigenvalue weighted by atomic mass is 10.2. The quantitative estimate of drug-likeness (QED) is 0.407. The maximum absolute atomic E-state index is 12.4. The maximum atomic E-state index is 12.4. The van der Waals surface area contributed by atoms with Gasteiger partial charge in [0.05, 0.1) is 23.7 Å². The highest BCUT2D eigenvalue weighted by molar-refractivity contribution is 7.90. The third-order valence-electron chi connectivity index (χ3n) is 3.24. The van der Waals surface area contributed by atoms with Gasteiger partial charge in [-0.3, -0.25) is 0 Å². The Balaban J connectivity index is 2.04. The fourth-order valence-corrected chi connectivity index (χ4v) is 3.34. The van der Waals surface area contributed by atoms with Gasteiger partial charge in [0.1, 0.15) is 6.61 Å². The summed E-state index contributed by atoms with van der Waals surface area (Å²) in [4.78, 5) is 11.7. The second-order valence-electron chi connectivity index (χ2n) is 5.49. The van der Waals surface area contributed by atoms with Gasteiger partial charge in [-0.25, -0.2) is 13.2 Å². The molecule has 0 saturated heterocycles. The molecule has 0 amide bonds. The Hall–Kier alpha value is -2.78. The van der Waals surface area contributed by atoms with E-state index >= 15 is 0 Å². The van der Waals surface area contributed by atoms with Gasteiger partial charge in [0.15, 0.2) is 0 Å². The highest BCUT2D eigenvalue weighted by Crippen LogP contribution is 2.27. The van der Waals surface area contributed by atoms with E-state index in [1.165, 1.54) is 24.3 Å². The predicted octanol–water partition coefficient (Wildman–Crippen LogP) is 1.89. The number of nitrogens with zero attached hydrogens (tertiary/aromatic N) is 1. The molecule has 0 radical (unpaired) electrons. The third-order valence-corrected chi connectivity index (χ3v) is 4.96. The number of aromatic hydroxyl groups is 2. The first-order valence-corrected chi connectivity index (χ1v) is 9.02. The average Bonchev–Trinajstić information content (AvgIpc) is 2.93. The Labute approximate surface area is 151 Å². The van der Waals surface area contributed by atoms with Crippen LogP contribution in [0.4, 0.5) is 0 Å². The molecule has 0 aliphatic heterocycles. The molecule has 0 aliphatic carbocycles. The van der Waals surface area contributed by atoms with Crippen molar-refractivity contribution in [2.24, 2.45) is 0 Å². The first-order chi connectivity index (χ1) is 12.2. The van der Waals surface area contributed by atoms with Crippen LogP contribution in [0, 0.1) is 0 Å². The molecule has 0 spiro atoms. The largest absolute Gasteiger partial charge is 0.494 e. The Morgan fingerprint density at radius 3 is 2.19 bits per heavy atom. The van der Waals surface area contributed by atoms with Gasteiger partial charge in [0, 0.05) is 12.1 Å². The van der Waals surface area contributed by atoms with E-state index in [0.717, 1.165) is 17.7 Å². The zero-order valence-corrected chi connectivity index (χ0v) is 14.9. The Bertz CT molecular complexity index is 878. The number of carbonyl (C=O) groups is 1. The predicted molar refractivity (Wildman–Crippen MR) is 92.7 cm³/mol. The molecule has 1 aromatic carbocycles. The van der Waals surface area contributed by atoms with Gasteiger partial charge in [-0.05, 0) is 31.2 Å². The van der Waals surface area contributed by atoms with E-state index in [1.807, 2.05) is 6.92 Å². The van der Waals surface area contributed by atoms with Crippen molar-refractivity contribution < 1.29 is 32.9 Å². The van der Waals surface area contributed by atoms with Crippen LogP contribution in [0.1, 0.15) is 17.3 Å². The van der Waals surface area contributed by atoms with Crippen LogP contribution in [0.5, 0.6) is 11.8 Å². The number of carbonyl (C=O) groups excluding carboxylic acids is 1. The number of aromatic nitrogens is 1. The van der Waals surface area contributed by atoms with E-state index in [0.29, 0.717) is 10.6 Å². The van der Waals surface area contributed by atoms with E-state index in [1.54, 1.807) is 0 Å². The van der Waals surface area contributed by atoms with Gasteiger partial charge in [-0.2, -0.15) is 3.97 Å². The van der Waals surface area contributed by atoms with Crippen molar-refractivity contribution in [2.75, 3.05) is 19.8 Å². The van der Waals surface area contributed by atoms with Gasteiger partial charge in [-0.1, -0.05) is 12.2 Å². The van der Waals surface area contributed by atoms with Crippen LogP contribution in [-0.4, -0.2) is 48.4 Å². The Morgan fingerprint density at radius 1 is 1.08 bits per heavy atom. The summed E-state index contributed by atoms with van der Waals surface area (Å²) in [5, 5.41) is 19.2. The average molecular weight is 381 g/mol. The molecule has 2 rings (SSSR count). The molecule has 2 aromatic rings. The molecular formula is C17H19NO7S. The van der Waals surface area contributed by atoms with Crippen LogP contribution in [0.15, 0.2) is 53.4 Å². The standard InChI is InChI=1S/C17H19NO7S/c1-12(2)11-24-9-10-25-17(21)13-3-5-14(6-4-13)26(22,23)18-15(19)7-8-16(18)20/h3-8,19-20H,1,9-11H2,2H3. The van der Waals surface area contributed by atoms with E-state index < -0.39 is 27.8 Å². The van der Waals surface area contributed by atoms with E-state index in [-0.39, 0.29) is 23.7 Å². The second kappa shape index (κ2) is 8.07. The van der Waals surface area contributed by atoms with Crippen molar-refractivity contribution >= 4 is 16.0 Å².